The predicted octanol–water partition coefficient (Wildman–Crippen LogP) is 9.59. The molecule has 0 aliphatic heterocycles. The van der Waals surface area contributed by atoms with Gasteiger partial charge in [-0.1, -0.05) is 121 Å². The number of para-hydroxylation sites is 1. The summed E-state index contributed by atoms with van der Waals surface area (Å²) in [5, 5.41) is 4.53. The van der Waals surface area contributed by atoms with Crippen LogP contribution in [0.5, 0.6) is 0 Å². The molecule has 0 amide bonds. The highest BCUT2D eigenvalue weighted by Gasteiger charge is 2.18. The van der Waals surface area contributed by atoms with Crippen molar-refractivity contribution in [1.29, 1.82) is 0 Å². The number of hydrogen-bond donors (Lipinski definition) is 0. The van der Waals surface area contributed by atoms with Crippen LogP contribution in [0.2, 0.25) is 0 Å². The molecule has 0 atom stereocenters. The Bertz CT molecular complexity index is 2140. The van der Waals surface area contributed by atoms with Gasteiger partial charge in [-0.05, 0) is 34.5 Å². The van der Waals surface area contributed by atoms with Gasteiger partial charge in [0, 0.05) is 33.0 Å². The van der Waals surface area contributed by atoms with E-state index in [9.17, 15) is 0 Å². The Balaban J connectivity index is 1.38. The summed E-state index contributed by atoms with van der Waals surface area (Å²) in [4.78, 5) is 14.8. The number of fused-ring (bicyclic) bond motifs is 4. The van der Waals surface area contributed by atoms with Gasteiger partial charge in [0.05, 0.1) is 0 Å². The molecule has 0 saturated carbocycles. The van der Waals surface area contributed by atoms with E-state index >= 15 is 0 Å². The van der Waals surface area contributed by atoms with Crippen molar-refractivity contribution in [3.63, 3.8) is 0 Å². The lowest BCUT2D eigenvalue weighted by Gasteiger charge is -2.12. The molecule has 8 aromatic rings. The molecule has 0 aliphatic rings. The SMILES string of the molecule is c1ccc(-c2nc(-c3ccccc3)nc(-c3cccc(-c4c5ccccc5cc5oc6ccccc6c45)c3)n2)cc1. The monoisotopic (exact) mass is 525 g/mol. The largest absolute Gasteiger partial charge is 0.456 e. The third-order valence-electron chi connectivity index (χ3n) is 7.50. The summed E-state index contributed by atoms with van der Waals surface area (Å²) in [5.41, 5.74) is 6.81. The van der Waals surface area contributed by atoms with Gasteiger partial charge < -0.3 is 4.42 Å². The zero-order valence-corrected chi connectivity index (χ0v) is 22.0. The minimum absolute atomic E-state index is 0.632. The van der Waals surface area contributed by atoms with Crippen LogP contribution in [-0.4, -0.2) is 15.0 Å². The van der Waals surface area contributed by atoms with Gasteiger partial charge in [0.2, 0.25) is 0 Å². The topological polar surface area (TPSA) is 51.8 Å². The number of aromatic nitrogens is 3. The average molecular weight is 526 g/mol. The first-order chi connectivity index (χ1) is 20.3. The van der Waals surface area contributed by atoms with Crippen LogP contribution in [0.4, 0.5) is 0 Å². The molecule has 192 valence electrons. The average Bonchev–Trinajstić information content (AvgIpc) is 3.42. The molecule has 41 heavy (non-hydrogen) atoms. The molecule has 2 aromatic heterocycles. The van der Waals surface area contributed by atoms with Crippen LogP contribution in [-0.2, 0) is 0 Å². The third-order valence-corrected chi connectivity index (χ3v) is 7.50. The van der Waals surface area contributed by atoms with E-state index in [1.807, 2.05) is 72.8 Å². The van der Waals surface area contributed by atoms with E-state index in [0.29, 0.717) is 17.5 Å². The van der Waals surface area contributed by atoms with Crippen LogP contribution in [0.1, 0.15) is 0 Å². The zero-order chi connectivity index (χ0) is 27.2. The molecule has 0 radical (unpaired) electrons. The highest BCUT2D eigenvalue weighted by Crippen LogP contribution is 2.42. The molecule has 0 bridgehead atoms. The van der Waals surface area contributed by atoms with Gasteiger partial charge in [0.15, 0.2) is 17.5 Å². The Morgan fingerprint density at radius 1 is 0.390 bits per heavy atom. The molecule has 0 fully saturated rings. The minimum Gasteiger partial charge on any atom is -0.456 e. The Morgan fingerprint density at radius 3 is 1.63 bits per heavy atom. The first kappa shape index (κ1) is 23.3. The summed E-state index contributed by atoms with van der Waals surface area (Å²) >= 11 is 0. The van der Waals surface area contributed by atoms with Crippen LogP contribution in [0.3, 0.4) is 0 Å². The van der Waals surface area contributed by atoms with E-state index in [-0.39, 0.29) is 0 Å². The van der Waals surface area contributed by atoms with Crippen LogP contribution in [0, 0.1) is 0 Å². The summed E-state index contributed by atoms with van der Waals surface area (Å²) < 4.78 is 6.33. The van der Waals surface area contributed by atoms with Crippen molar-refractivity contribution in [1.82, 2.24) is 15.0 Å². The smallest absolute Gasteiger partial charge is 0.164 e. The first-order valence-corrected chi connectivity index (χ1v) is 13.6. The number of hydrogen-bond acceptors (Lipinski definition) is 4. The quantitative estimate of drug-likeness (QED) is 0.230. The summed E-state index contributed by atoms with van der Waals surface area (Å²) in [7, 11) is 0. The molecular weight excluding hydrogens is 502 g/mol. The molecule has 0 N–H and O–H groups in total. The zero-order valence-electron chi connectivity index (χ0n) is 22.0. The summed E-state index contributed by atoms with van der Waals surface area (Å²) in [6.07, 6.45) is 0. The van der Waals surface area contributed by atoms with E-state index in [1.54, 1.807) is 0 Å². The van der Waals surface area contributed by atoms with Gasteiger partial charge in [-0.25, -0.2) is 15.0 Å². The number of nitrogens with zero attached hydrogens (tertiary/aromatic N) is 3. The van der Waals surface area contributed by atoms with Gasteiger partial charge in [0.1, 0.15) is 11.2 Å². The van der Waals surface area contributed by atoms with Gasteiger partial charge in [-0.2, -0.15) is 0 Å². The van der Waals surface area contributed by atoms with Crippen molar-refractivity contribution in [2.75, 3.05) is 0 Å². The van der Waals surface area contributed by atoms with Crippen molar-refractivity contribution < 1.29 is 4.42 Å². The van der Waals surface area contributed by atoms with Crippen LogP contribution in [0.15, 0.2) is 144 Å². The highest BCUT2D eigenvalue weighted by atomic mass is 16.3. The fraction of sp³-hybridized carbons (Fsp3) is 0. The van der Waals surface area contributed by atoms with Crippen LogP contribution in [0.25, 0.3) is 78.0 Å². The molecule has 0 saturated heterocycles. The number of rotatable bonds is 4. The molecule has 4 heteroatoms. The van der Waals surface area contributed by atoms with Crippen molar-refractivity contribution in [2.45, 2.75) is 0 Å². The number of benzene rings is 6. The molecule has 0 spiro atoms. The van der Waals surface area contributed by atoms with Gasteiger partial charge in [0.25, 0.3) is 0 Å². The van der Waals surface area contributed by atoms with Crippen LogP contribution >= 0.6 is 0 Å². The van der Waals surface area contributed by atoms with E-state index in [1.165, 1.54) is 5.39 Å². The number of furan rings is 1. The van der Waals surface area contributed by atoms with Gasteiger partial charge in [-0.3, -0.25) is 0 Å². The predicted molar refractivity (Wildman–Crippen MR) is 166 cm³/mol. The second-order valence-corrected chi connectivity index (χ2v) is 10.1. The summed E-state index contributed by atoms with van der Waals surface area (Å²) in [5.74, 6) is 1.93. The molecule has 0 aliphatic carbocycles. The van der Waals surface area contributed by atoms with Crippen LogP contribution < -0.4 is 0 Å². The molecule has 4 nitrogen and oxygen atoms in total. The lowest BCUT2D eigenvalue weighted by atomic mass is 9.92. The maximum absolute atomic E-state index is 6.33. The first-order valence-electron chi connectivity index (χ1n) is 13.6. The second-order valence-electron chi connectivity index (χ2n) is 10.1. The standard InChI is InChI=1S/C37H23N3O/c1-3-12-24(13-4-1)35-38-36(25-14-5-2-6-15-25)40-37(39-35)28-18-11-17-27(22-28)33-29-19-8-7-16-26(29)23-32-34(33)30-20-9-10-21-31(30)41-32/h1-23H. The van der Waals surface area contributed by atoms with E-state index in [2.05, 4.69) is 66.7 Å². The van der Waals surface area contributed by atoms with E-state index in [4.69, 9.17) is 19.4 Å². The Kier molecular flexibility index (Phi) is 5.42. The molecule has 0 unspecified atom stereocenters. The van der Waals surface area contributed by atoms with Gasteiger partial charge >= 0.3 is 0 Å². The third kappa shape index (κ3) is 4.05. The maximum Gasteiger partial charge on any atom is 0.164 e. The maximum atomic E-state index is 6.33. The lowest BCUT2D eigenvalue weighted by Crippen LogP contribution is -2.00. The van der Waals surface area contributed by atoms with Crippen molar-refractivity contribution >= 4 is 32.7 Å². The Morgan fingerprint density at radius 2 is 0.927 bits per heavy atom. The highest BCUT2D eigenvalue weighted by molar-refractivity contribution is 6.20. The van der Waals surface area contributed by atoms with E-state index in [0.717, 1.165) is 55.1 Å². The van der Waals surface area contributed by atoms with Crippen molar-refractivity contribution in [3.05, 3.63) is 140 Å². The fourth-order valence-electron chi connectivity index (χ4n) is 5.60. The summed E-state index contributed by atoms with van der Waals surface area (Å²) in [6.45, 7) is 0. The normalized spacial score (nSPS) is 11.4. The Labute approximate surface area is 236 Å². The molecule has 6 aromatic carbocycles. The summed E-state index contributed by atoms with van der Waals surface area (Å²) in [6, 6.07) is 47.5. The van der Waals surface area contributed by atoms with E-state index < -0.39 is 0 Å². The molecular formula is C37H23N3O. The van der Waals surface area contributed by atoms with Gasteiger partial charge in [-0.15, -0.1) is 0 Å². The lowest BCUT2D eigenvalue weighted by molar-refractivity contribution is 0.669. The Hall–Kier alpha value is -5.61. The van der Waals surface area contributed by atoms with Crippen molar-refractivity contribution in [3.8, 4) is 45.3 Å². The molecule has 8 rings (SSSR count). The fourth-order valence-corrected chi connectivity index (χ4v) is 5.60. The van der Waals surface area contributed by atoms with Crippen molar-refractivity contribution in [2.24, 2.45) is 0 Å². The molecule has 2 heterocycles. The minimum atomic E-state index is 0.632. The second kappa shape index (κ2) is 9.54.